The molecule has 0 rings (SSSR count). The second-order valence-electron chi connectivity index (χ2n) is 7.59. The van der Waals surface area contributed by atoms with Crippen molar-refractivity contribution in [1.82, 2.24) is 10.6 Å². The SMILES string of the molecule is CCCCCCCCC(CCCNCCNCCN)C(OCC)(OCC)OCC. The second-order valence-corrected chi connectivity index (χ2v) is 7.59. The maximum absolute atomic E-state index is 6.10. The molecule has 0 saturated heterocycles. The van der Waals surface area contributed by atoms with Gasteiger partial charge in [0, 0.05) is 51.9 Å². The molecule has 0 aromatic heterocycles. The Morgan fingerprint density at radius 3 is 1.72 bits per heavy atom. The molecule has 0 bridgehead atoms. The first-order valence-electron chi connectivity index (χ1n) is 12.2. The van der Waals surface area contributed by atoms with E-state index in [0.717, 1.165) is 45.4 Å². The number of ether oxygens (including phenoxy) is 3. The average Bonchev–Trinajstić information content (AvgIpc) is 2.71. The summed E-state index contributed by atoms with van der Waals surface area (Å²) in [5.74, 6) is -0.643. The number of nitrogens with one attached hydrogen (secondary N) is 2. The maximum atomic E-state index is 6.10. The zero-order chi connectivity index (χ0) is 21.6. The Morgan fingerprint density at radius 1 is 0.655 bits per heavy atom. The first-order chi connectivity index (χ1) is 14.2. The molecule has 6 heteroatoms. The lowest BCUT2D eigenvalue weighted by Gasteiger charge is -2.39. The smallest absolute Gasteiger partial charge is 0.285 e. The van der Waals surface area contributed by atoms with E-state index in [2.05, 4.69) is 17.6 Å². The van der Waals surface area contributed by atoms with E-state index in [9.17, 15) is 0 Å². The summed E-state index contributed by atoms with van der Waals surface area (Å²) >= 11 is 0. The molecule has 1 unspecified atom stereocenters. The van der Waals surface area contributed by atoms with E-state index in [4.69, 9.17) is 19.9 Å². The van der Waals surface area contributed by atoms with Crippen molar-refractivity contribution in [3.05, 3.63) is 0 Å². The Morgan fingerprint density at radius 2 is 1.17 bits per heavy atom. The van der Waals surface area contributed by atoms with Crippen LogP contribution in [0.15, 0.2) is 0 Å². The molecule has 29 heavy (non-hydrogen) atoms. The van der Waals surface area contributed by atoms with Crippen LogP contribution in [-0.4, -0.2) is 58.5 Å². The molecular formula is C23H51N3O3. The van der Waals surface area contributed by atoms with Crippen molar-refractivity contribution in [2.45, 2.75) is 91.5 Å². The predicted octanol–water partition coefficient (Wildman–Crippen LogP) is 4.03. The third kappa shape index (κ3) is 14.4. The minimum Gasteiger partial charge on any atom is -0.329 e. The lowest BCUT2D eigenvalue weighted by molar-refractivity contribution is -0.403. The molecule has 0 fully saturated rings. The van der Waals surface area contributed by atoms with Gasteiger partial charge in [-0.25, -0.2) is 0 Å². The van der Waals surface area contributed by atoms with Crippen LogP contribution in [0.3, 0.4) is 0 Å². The van der Waals surface area contributed by atoms with Gasteiger partial charge >= 0.3 is 0 Å². The van der Waals surface area contributed by atoms with Gasteiger partial charge in [0.15, 0.2) is 0 Å². The topological polar surface area (TPSA) is 77.8 Å². The highest BCUT2D eigenvalue weighted by Crippen LogP contribution is 2.34. The number of hydrogen-bond donors (Lipinski definition) is 3. The number of nitrogens with two attached hydrogens (primary N) is 1. The van der Waals surface area contributed by atoms with Gasteiger partial charge < -0.3 is 30.6 Å². The average molecular weight is 418 g/mol. The summed E-state index contributed by atoms with van der Waals surface area (Å²) in [5, 5.41) is 6.82. The third-order valence-electron chi connectivity index (χ3n) is 5.15. The summed E-state index contributed by atoms with van der Waals surface area (Å²) in [6, 6.07) is 0. The van der Waals surface area contributed by atoms with Crippen LogP contribution < -0.4 is 16.4 Å². The fourth-order valence-corrected chi connectivity index (χ4v) is 3.75. The zero-order valence-corrected chi connectivity index (χ0v) is 19.9. The van der Waals surface area contributed by atoms with Crippen molar-refractivity contribution in [2.24, 2.45) is 11.7 Å². The molecule has 0 aliphatic rings. The molecule has 4 N–H and O–H groups in total. The first kappa shape index (κ1) is 28.8. The van der Waals surface area contributed by atoms with Crippen LogP contribution in [0, 0.1) is 5.92 Å². The van der Waals surface area contributed by atoms with Crippen molar-refractivity contribution in [3.8, 4) is 0 Å². The van der Waals surface area contributed by atoms with Crippen molar-refractivity contribution in [2.75, 3.05) is 52.5 Å². The van der Waals surface area contributed by atoms with Crippen LogP contribution in [0.2, 0.25) is 0 Å². The van der Waals surface area contributed by atoms with Gasteiger partial charge in [-0.3, -0.25) is 0 Å². The summed E-state index contributed by atoms with van der Waals surface area (Å²) in [7, 11) is 0. The van der Waals surface area contributed by atoms with Gasteiger partial charge in [-0.2, -0.15) is 0 Å². The maximum Gasteiger partial charge on any atom is 0.285 e. The predicted molar refractivity (Wildman–Crippen MR) is 123 cm³/mol. The number of unbranched alkanes of at least 4 members (excludes halogenated alkanes) is 5. The van der Waals surface area contributed by atoms with E-state index in [1.807, 2.05) is 20.8 Å². The fraction of sp³-hybridized carbons (Fsp3) is 1.00. The lowest BCUT2D eigenvalue weighted by atomic mass is 9.92. The summed E-state index contributed by atoms with van der Waals surface area (Å²) < 4.78 is 18.3. The van der Waals surface area contributed by atoms with E-state index in [-0.39, 0.29) is 5.92 Å². The molecule has 0 amide bonds. The van der Waals surface area contributed by atoms with E-state index in [0.29, 0.717) is 26.4 Å². The van der Waals surface area contributed by atoms with Crippen LogP contribution in [0.25, 0.3) is 0 Å². The molecule has 1 atom stereocenters. The highest BCUT2D eigenvalue weighted by molar-refractivity contribution is 4.73. The van der Waals surface area contributed by atoms with Crippen LogP contribution in [0.1, 0.15) is 85.5 Å². The molecule has 0 aromatic rings. The van der Waals surface area contributed by atoms with Gasteiger partial charge in [-0.05, 0) is 46.6 Å². The Balaban J connectivity index is 4.62. The molecule has 0 radical (unpaired) electrons. The van der Waals surface area contributed by atoms with E-state index < -0.39 is 5.97 Å². The van der Waals surface area contributed by atoms with Gasteiger partial charge in [-0.1, -0.05) is 45.4 Å². The summed E-state index contributed by atoms with van der Waals surface area (Å²) in [4.78, 5) is 0. The molecule has 6 nitrogen and oxygen atoms in total. The normalized spacial score (nSPS) is 13.1. The molecule has 176 valence electrons. The van der Waals surface area contributed by atoms with Gasteiger partial charge in [0.05, 0.1) is 0 Å². The summed E-state index contributed by atoms with van der Waals surface area (Å²) in [5.41, 5.74) is 5.49. The van der Waals surface area contributed by atoms with Crippen molar-refractivity contribution in [3.63, 3.8) is 0 Å². The molecule has 0 heterocycles. The van der Waals surface area contributed by atoms with Crippen LogP contribution >= 0.6 is 0 Å². The standard InChI is InChI=1S/C23H51N3O3/c1-5-9-10-11-12-13-15-22(16-14-18-25-20-21-26-19-17-24)23(27-6-2,28-7-3)29-8-4/h22,25-26H,5-21,24H2,1-4H3. The highest BCUT2D eigenvalue weighted by Gasteiger charge is 2.41. The number of rotatable bonds is 23. The van der Waals surface area contributed by atoms with Gasteiger partial charge in [0.25, 0.3) is 5.97 Å². The van der Waals surface area contributed by atoms with Crippen LogP contribution in [0.5, 0.6) is 0 Å². The second kappa shape index (κ2) is 21.0. The number of hydrogen-bond acceptors (Lipinski definition) is 6. The molecule has 0 aliphatic heterocycles. The lowest BCUT2D eigenvalue weighted by Crippen LogP contribution is -2.47. The van der Waals surface area contributed by atoms with E-state index in [1.54, 1.807) is 0 Å². The summed E-state index contributed by atoms with van der Waals surface area (Å²) in [6.45, 7) is 14.6. The Hall–Kier alpha value is -0.240. The molecule has 0 spiro atoms. The Kier molecular flexibility index (Phi) is 20.8. The van der Waals surface area contributed by atoms with E-state index >= 15 is 0 Å². The van der Waals surface area contributed by atoms with Crippen molar-refractivity contribution >= 4 is 0 Å². The van der Waals surface area contributed by atoms with Gasteiger partial charge in [0.2, 0.25) is 0 Å². The largest absolute Gasteiger partial charge is 0.329 e. The monoisotopic (exact) mass is 417 g/mol. The first-order valence-corrected chi connectivity index (χ1v) is 12.2. The molecule has 0 aliphatic carbocycles. The molecule has 0 aromatic carbocycles. The molecule has 0 saturated carbocycles. The Labute approximate surface area is 181 Å². The third-order valence-corrected chi connectivity index (χ3v) is 5.15. The molecular weight excluding hydrogens is 366 g/mol. The van der Waals surface area contributed by atoms with Gasteiger partial charge in [-0.15, -0.1) is 0 Å². The Bertz CT molecular complexity index is 315. The zero-order valence-electron chi connectivity index (χ0n) is 19.9. The van der Waals surface area contributed by atoms with Crippen LogP contribution in [0.4, 0.5) is 0 Å². The van der Waals surface area contributed by atoms with Crippen molar-refractivity contribution < 1.29 is 14.2 Å². The van der Waals surface area contributed by atoms with Crippen LogP contribution in [-0.2, 0) is 14.2 Å². The quantitative estimate of drug-likeness (QED) is 0.172. The fourth-order valence-electron chi connectivity index (χ4n) is 3.75. The minimum absolute atomic E-state index is 0.255. The minimum atomic E-state index is -0.898. The highest BCUT2D eigenvalue weighted by atomic mass is 16.9. The van der Waals surface area contributed by atoms with Crippen molar-refractivity contribution in [1.29, 1.82) is 0 Å². The summed E-state index contributed by atoms with van der Waals surface area (Å²) in [6.07, 6.45) is 11.0. The van der Waals surface area contributed by atoms with Gasteiger partial charge in [0.1, 0.15) is 0 Å². The van der Waals surface area contributed by atoms with E-state index in [1.165, 1.54) is 38.5 Å².